The zero-order chi connectivity index (χ0) is 7.78. The standard InChI is InChI=1S/C4H3BrO2S3/c5-3-1-2-4(9-3)10(6,7)8/h1-2H,(H,6,7,8). The minimum atomic E-state index is -3.16. The Bertz CT molecular complexity index is 326. The quantitative estimate of drug-likeness (QED) is 0.839. The van der Waals surface area contributed by atoms with Gasteiger partial charge in [-0.25, -0.2) is 4.21 Å². The van der Waals surface area contributed by atoms with Crippen LogP contribution in [0.5, 0.6) is 0 Å². The molecule has 1 aromatic rings. The first-order valence-corrected chi connectivity index (χ1v) is 6.28. The molecular formula is C4H3BrO2S3. The van der Waals surface area contributed by atoms with E-state index in [1.807, 2.05) is 0 Å². The minimum Gasteiger partial charge on any atom is -0.301 e. The summed E-state index contributed by atoms with van der Waals surface area (Å²) in [6.45, 7) is 0. The highest BCUT2D eigenvalue weighted by Crippen LogP contribution is 2.25. The molecule has 0 saturated carbocycles. The Labute approximate surface area is 75.9 Å². The highest BCUT2D eigenvalue weighted by Gasteiger charge is 2.06. The molecule has 0 saturated heterocycles. The topological polar surface area (TPSA) is 37.3 Å². The van der Waals surface area contributed by atoms with E-state index < -0.39 is 8.77 Å². The van der Waals surface area contributed by atoms with Gasteiger partial charge in [-0.05, 0) is 28.1 Å². The summed E-state index contributed by atoms with van der Waals surface area (Å²) >= 11 is 8.68. The molecule has 0 spiro atoms. The van der Waals surface area contributed by atoms with Crippen molar-refractivity contribution < 1.29 is 8.76 Å². The van der Waals surface area contributed by atoms with Gasteiger partial charge in [-0.15, -0.1) is 11.3 Å². The van der Waals surface area contributed by atoms with Gasteiger partial charge >= 0.3 is 0 Å². The van der Waals surface area contributed by atoms with E-state index in [0.717, 1.165) is 3.79 Å². The summed E-state index contributed by atoms with van der Waals surface area (Å²) < 4.78 is 20.7. The largest absolute Gasteiger partial charge is 0.301 e. The third-order valence-electron chi connectivity index (χ3n) is 0.803. The molecule has 6 heteroatoms. The van der Waals surface area contributed by atoms with E-state index in [4.69, 9.17) is 4.55 Å². The maximum Gasteiger partial charge on any atom is 0.180 e. The summed E-state index contributed by atoms with van der Waals surface area (Å²) in [6, 6.07) is 3.24. The van der Waals surface area contributed by atoms with Gasteiger partial charge in [-0.3, -0.25) is 0 Å². The van der Waals surface area contributed by atoms with Gasteiger partial charge in [-0.2, -0.15) is 0 Å². The van der Waals surface area contributed by atoms with Crippen LogP contribution in [-0.4, -0.2) is 8.76 Å². The van der Waals surface area contributed by atoms with Gasteiger partial charge in [0.1, 0.15) is 4.21 Å². The lowest BCUT2D eigenvalue weighted by Gasteiger charge is -1.89. The van der Waals surface area contributed by atoms with Crippen LogP contribution < -0.4 is 0 Å². The molecule has 1 unspecified atom stereocenters. The summed E-state index contributed by atoms with van der Waals surface area (Å²) in [5, 5.41) is 0. The summed E-state index contributed by atoms with van der Waals surface area (Å²) in [5.74, 6) is 0. The number of hydrogen-bond donors (Lipinski definition) is 1. The summed E-state index contributed by atoms with van der Waals surface area (Å²) in [6.07, 6.45) is 0. The Hall–Kier alpha value is 0.510. The van der Waals surface area contributed by atoms with Crippen molar-refractivity contribution >= 4 is 47.2 Å². The van der Waals surface area contributed by atoms with Crippen LogP contribution in [0.3, 0.4) is 0 Å². The number of rotatable bonds is 1. The van der Waals surface area contributed by atoms with E-state index in [1.165, 1.54) is 11.3 Å². The van der Waals surface area contributed by atoms with Crippen molar-refractivity contribution in [2.24, 2.45) is 0 Å². The number of hydrogen-bond acceptors (Lipinski definition) is 3. The van der Waals surface area contributed by atoms with E-state index in [0.29, 0.717) is 4.21 Å². The summed E-state index contributed by atoms with van der Waals surface area (Å²) in [7, 11) is -3.16. The molecule has 1 N–H and O–H groups in total. The third kappa shape index (κ3) is 2.00. The Morgan fingerprint density at radius 3 is 2.50 bits per heavy atom. The van der Waals surface area contributed by atoms with Crippen LogP contribution in [0, 0.1) is 0 Å². The average Bonchev–Trinajstić information content (AvgIpc) is 2.11. The van der Waals surface area contributed by atoms with Gasteiger partial charge in [-0.1, -0.05) is 0 Å². The second-order valence-corrected chi connectivity index (χ2v) is 7.00. The van der Waals surface area contributed by atoms with E-state index in [9.17, 15) is 4.21 Å². The van der Waals surface area contributed by atoms with E-state index in [1.54, 1.807) is 12.1 Å². The molecule has 0 aliphatic heterocycles. The average molecular weight is 259 g/mol. The first-order chi connectivity index (χ1) is 4.50. The fourth-order valence-electron chi connectivity index (χ4n) is 0.436. The van der Waals surface area contributed by atoms with Crippen LogP contribution in [0.4, 0.5) is 0 Å². The molecule has 0 radical (unpaired) electrons. The fraction of sp³-hybridized carbons (Fsp3) is 0. The first-order valence-electron chi connectivity index (χ1n) is 2.23. The molecule has 1 aromatic heterocycles. The zero-order valence-electron chi connectivity index (χ0n) is 4.61. The summed E-state index contributed by atoms with van der Waals surface area (Å²) in [5.41, 5.74) is 0. The molecule has 1 rings (SSSR count). The molecule has 1 heterocycles. The lowest BCUT2D eigenvalue weighted by atomic mass is 10.7. The predicted octanol–water partition coefficient (Wildman–Crippen LogP) is 2.09. The lowest BCUT2D eigenvalue weighted by molar-refractivity contribution is 0.564. The predicted molar refractivity (Wildman–Crippen MR) is 48.4 cm³/mol. The highest BCUT2D eigenvalue weighted by atomic mass is 79.9. The van der Waals surface area contributed by atoms with Crippen LogP contribution in [0.2, 0.25) is 0 Å². The van der Waals surface area contributed by atoms with Gasteiger partial charge < -0.3 is 4.55 Å². The van der Waals surface area contributed by atoms with Crippen molar-refractivity contribution in [3.8, 4) is 0 Å². The van der Waals surface area contributed by atoms with Crippen molar-refractivity contribution in [2.75, 3.05) is 0 Å². The van der Waals surface area contributed by atoms with Crippen LogP contribution in [0.25, 0.3) is 0 Å². The fourth-order valence-corrected chi connectivity index (χ4v) is 3.28. The van der Waals surface area contributed by atoms with Gasteiger partial charge in [0.05, 0.1) is 3.79 Å². The Balaban J connectivity index is 3.21. The first kappa shape index (κ1) is 8.61. The second-order valence-electron chi connectivity index (χ2n) is 1.53. The Kier molecular flexibility index (Phi) is 2.46. The minimum absolute atomic E-state index is 0.328. The molecule has 1 atom stereocenters. The normalized spacial score (nSPS) is 16.6. The van der Waals surface area contributed by atoms with E-state index >= 15 is 0 Å². The van der Waals surface area contributed by atoms with Crippen LogP contribution >= 0.6 is 27.3 Å². The van der Waals surface area contributed by atoms with Crippen molar-refractivity contribution in [1.82, 2.24) is 0 Å². The van der Waals surface area contributed by atoms with Crippen LogP contribution in [0.1, 0.15) is 0 Å². The second kappa shape index (κ2) is 2.86. The van der Waals surface area contributed by atoms with Crippen molar-refractivity contribution in [2.45, 2.75) is 4.21 Å². The molecule has 0 aliphatic carbocycles. The number of halogens is 1. The molecule has 56 valence electrons. The van der Waals surface area contributed by atoms with Crippen molar-refractivity contribution in [3.63, 3.8) is 0 Å². The Morgan fingerprint density at radius 2 is 2.30 bits per heavy atom. The SMILES string of the molecule is O=S(O)(=S)c1ccc(Br)s1. The zero-order valence-corrected chi connectivity index (χ0v) is 8.65. The molecule has 0 bridgehead atoms. The lowest BCUT2D eigenvalue weighted by Crippen LogP contribution is -1.90. The van der Waals surface area contributed by atoms with Crippen LogP contribution in [0.15, 0.2) is 20.1 Å². The molecular weight excluding hydrogens is 256 g/mol. The monoisotopic (exact) mass is 258 g/mol. The molecule has 10 heavy (non-hydrogen) atoms. The van der Waals surface area contributed by atoms with E-state index in [-0.39, 0.29) is 0 Å². The van der Waals surface area contributed by atoms with Gasteiger partial charge in [0, 0.05) is 11.2 Å². The van der Waals surface area contributed by atoms with Crippen LogP contribution in [-0.2, 0) is 20.0 Å². The number of thiophene rings is 1. The molecule has 2 nitrogen and oxygen atoms in total. The smallest absolute Gasteiger partial charge is 0.180 e. The van der Waals surface area contributed by atoms with Crippen molar-refractivity contribution in [3.05, 3.63) is 15.9 Å². The molecule has 0 fully saturated rings. The van der Waals surface area contributed by atoms with Gasteiger partial charge in [0.2, 0.25) is 0 Å². The summed E-state index contributed by atoms with van der Waals surface area (Å²) in [4.78, 5) is 0. The van der Waals surface area contributed by atoms with Crippen molar-refractivity contribution in [1.29, 1.82) is 0 Å². The highest BCUT2D eigenvalue weighted by molar-refractivity contribution is 9.11. The third-order valence-corrected chi connectivity index (χ3v) is 4.65. The maximum atomic E-state index is 10.8. The van der Waals surface area contributed by atoms with Gasteiger partial charge in [0.15, 0.2) is 8.77 Å². The van der Waals surface area contributed by atoms with E-state index in [2.05, 4.69) is 27.1 Å². The maximum absolute atomic E-state index is 10.8. The Morgan fingerprint density at radius 1 is 1.70 bits per heavy atom. The molecule has 0 aliphatic rings. The molecule has 0 amide bonds. The van der Waals surface area contributed by atoms with Gasteiger partial charge in [0.25, 0.3) is 0 Å². The molecule has 0 aromatic carbocycles.